The van der Waals surface area contributed by atoms with Crippen molar-refractivity contribution in [3.63, 3.8) is 0 Å². The van der Waals surface area contributed by atoms with Gasteiger partial charge in [-0.3, -0.25) is 9.59 Å². The normalized spacial score (nSPS) is 42.6. The van der Waals surface area contributed by atoms with Gasteiger partial charge in [-0.25, -0.2) is 0 Å². The second-order valence-electron chi connectivity index (χ2n) is 13.4. The summed E-state index contributed by atoms with van der Waals surface area (Å²) in [5.41, 5.74) is 2.82. The van der Waals surface area contributed by atoms with E-state index >= 15 is 0 Å². The van der Waals surface area contributed by atoms with Gasteiger partial charge in [-0.15, -0.1) is 0 Å². The second kappa shape index (κ2) is 8.09. The van der Waals surface area contributed by atoms with Crippen LogP contribution in [0.15, 0.2) is 23.3 Å². The molecule has 0 aromatic rings. The smallest absolute Gasteiger partial charge is 0.306 e. The van der Waals surface area contributed by atoms with Crippen LogP contribution in [0.3, 0.4) is 0 Å². The van der Waals surface area contributed by atoms with Crippen molar-refractivity contribution in [2.24, 2.45) is 39.9 Å². The van der Waals surface area contributed by atoms with Crippen molar-refractivity contribution in [1.82, 2.24) is 0 Å². The molecule has 0 amide bonds. The minimum absolute atomic E-state index is 0.0320. The number of ether oxygens (including phenoxy) is 1. The Bertz CT molecular complexity index is 890. The van der Waals surface area contributed by atoms with Gasteiger partial charge in [0.15, 0.2) is 5.78 Å². The van der Waals surface area contributed by atoms with Crippen LogP contribution in [-0.4, -0.2) is 17.4 Å². The van der Waals surface area contributed by atoms with E-state index in [9.17, 15) is 9.59 Å². The highest BCUT2D eigenvalue weighted by atomic mass is 16.6. The van der Waals surface area contributed by atoms with E-state index in [2.05, 4.69) is 47.6 Å². The minimum atomic E-state index is -0.409. The maximum Gasteiger partial charge on any atom is 0.306 e. The van der Waals surface area contributed by atoms with Gasteiger partial charge in [0.1, 0.15) is 5.60 Å². The molecule has 0 bridgehead atoms. The molecule has 0 N–H and O–H groups in total. The summed E-state index contributed by atoms with van der Waals surface area (Å²) in [5, 5.41) is 0. The maximum absolute atomic E-state index is 12.6. The highest BCUT2D eigenvalue weighted by Gasteiger charge is 2.64. The predicted molar refractivity (Wildman–Crippen MR) is 134 cm³/mol. The third-order valence-electron chi connectivity index (χ3n) is 10.9. The van der Waals surface area contributed by atoms with Crippen LogP contribution in [0.5, 0.6) is 0 Å². The molecule has 3 aliphatic carbocycles. The van der Waals surface area contributed by atoms with Gasteiger partial charge in [-0.2, -0.15) is 0 Å². The van der Waals surface area contributed by atoms with Crippen LogP contribution in [0.1, 0.15) is 107 Å². The molecule has 0 spiro atoms. The summed E-state index contributed by atoms with van der Waals surface area (Å²) in [6, 6.07) is 0. The molecule has 0 aromatic heterocycles. The number of esters is 1. The number of allylic oxidation sites excluding steroid dienone is 4. The van der Waals surface area contributed by atoms with Gasteiger partial charge in [0.25, 0.3) is 0 Å². The van der Waals surface area contributed by atoms with Gasteiger partial charge in [0.2, 0.25) is 0 Å². The number of rotatable bonds is 4. The van der Waals surface area contributed by atoms with Crippen molar-refractivity contribution in [2.45, 2.75) is 112 Å². The summed E-state index contributed by atoms with van der Waals surface area (Å²) in [6.07, 6.45) is 12.4. The van der Waals surface area contributed by atoms with Crippen LogP contribution >= 0.6 is 0 Å². The average molecular weight is 455 g/mol. The number of carbonyl (C=O) groups excluding carboxylic acids is 2. The molecule has 7 unspecified atom stereocenters. The lowest BCUT2D eigenvalue weighted by Gasteiger charge is -2.61. The van der Waals surface area contributed by atoms with E-state index in [1.54, 1.807) is 5.57 Å². The lowest BCUT2D eigenvalue weighted by molar-refractivity contribution is -0.162. The molecule has 0 radical (unpaired) electrons. The van der Waals surface area contributed by atoms with Crippen molar-refractivity contribution in [2.75, 3.05) is 0 Å². The van der Waals surface area contributed by atoms with E-state index in [0.717, 1.165) is 24.8 Å². The fraction of sp³-hybridized carbons (Fsp3) is 0.800. The van der Waals surface area contributed by atoms with E-state index < -0.39 is 5.60 Å². The zero-order valence-corrected chi connectivity index (χ0v) is 22.3. The number of hydrogen-bond donors (Lipinski definition) is 0. The number of fused-ring (bicyclic) bond motifs is 5. The van der Waals surface area contributed by atoms with Crippen LogP contribution in [0.25, 0.3) is 0 Å². The van der Waals surface area contributed by atoms with Gasteiger partial charge in [-0.05, 0) is 106 Å². The molecule has 3 heteroatoms. The van der Waals surface area contributed by atoms with Gasteiger partial charge < -0.3 is 4.74 Å². The van der Waals surface area contributed by atoms with E-state index in [-0.39, 0.29) is 28.0 Å². The van der Waals surface area contributed by atoms with Crippen molar-refractivity contribution < 1.29 is 14.3 Å². The van der Waals surface area contributed by atoms with E-state index in [0.29, 0.717) is 36.5 Å². The number of hydrogen-bond acceptors (Lipinski definition) is 3. The maximum atomic E-state index is 12.6. The quantitative estimate of drug-likeness (QED) is 0.252. The Morgan fingerprint density at radius 1 is 1.09 bits per heavy atom. The van der Waals surface area contributed by atoms with E-state index in [1.807, 2.05) is 19.9 Å². The molecule has 1 heterocycles. The molecule has 184 valence electrons. The van der Waals surface area contributed by atoms with Crippen LogP contribution in [0.4, 0.5) is 0 Å². The first kappa shape index (κ1) is 24.7. The molecule has 1 saturated heterocycles. The standard InChI is InChI=1S/C30H46O3/c1-19(2)17-21(31)18-20(3)22-11-15-30(8)24-9-10-25-27(4,5)33-26(32)13-14-28(25,6)23(24)12-16-29(22,30)7/h12,17,20,22,24-25H,9-11,13-16,18H2,1-8H3. The Morgan fingerprint density at radius 3 is 2.45 bits per heavy atom. The van der Waals surface area contributed by atoms with E-state index in [4.69, 9.17) is 4.74 Å². The highest BCUT2D eigenvalue weighted by Crippen LogP contribution is 2.72. The van der Waals surface area contributed by atoms with Crippen molar-refractivity contribution in [3.8, 4) is 0 Å². The molecule has 4 rings (SSSR count). The van der Waals surface area contributed by atoms with Gasteiger partial charge in [-0.1, -0.05) is 44.9 Å². The molecule has 3 fully saturated rings. The monoisotopic (exact) mass is 454 g/mol. The summed E-state index contributed by atoms with van der Waals surface area (Å²) in [7, 11) is 0. The highest BCUT2D eigenvalue weighted by molar-refractivity contribution is 5.90. The Hall–Kier alpha value is -1.38. The Morgan fingerprint density at radius 2 is 1.79 bits per heavy atom. The van der Waals surface area contributed by atoms with Gasteiger partial charge >= 0.3 is 5.97 Å². The molecule has 1 aliphatic heterocycles. The topological polar surface area (TPSA) is 43.4 Å². The Kier molecular flexibility index (Phi) is 6.07. The summed E-state index contributed by atoms with van der Waals surface area (Å²) in [5.74, 6) is 2.19. The van der Waals surface area contributed by atoms with Crippen molar-refractivity contribution in [1.29, 1.82) is 0 Å². The number of cyclic esters (lactones) is 1. The zero-order chi connectivity index (χ0) is 24.4. The first-order valence-corrected chi connectivity index (χ1v) is 13.3. The molecule has 33 heavy (non-hydrogen) atoms. The van der Waals surface area contributed by atoms with Gasteiger partial charge in [0.05, 0.1) is 0 Å². The van der Waals surface area contributed by atoms with Gasteiger partial charge in [0, 0.05) is 18.8 Å². The molecule has 0 aromatic carbocycles. The predicted octanol–water partition coefficient (Wildman–Crippen LogP) is 7.45. The first-order valence-electron chi connectivity index (χ1n) is 13.3. The van der Waals surface area contributed by atoms with Crippen LogP contribution in [-0.2, 0) is 14.3 Å². The third kappa shape index (κ3) is 3.76. The molecule has 3 nitrogen and oxygen atoms in total. The number of carbonyl (C=O) groups is 2. The van der Waals surface area contributed by atoms with Crippen LogP contribution in [0, 0.1) is 39.9 Å². The molecule has 4 aliphatic rings. The lowest BCUT2D eigenvalue weighted by atomic mass is 9.44. The van der Waals surface area contributed by atoms with Crippen molar-refractivity contribution >= 4 is 11.8 Å². The SMILES string of the molecule is CC(C)=CC(=O)CC(C)C1CCC2(C)C3CCC4C(C)(C)OC(=O)CCC4(C)C3=CCC12C. The molecular weight excluding hydrogens is 408 g/mol. The largest absolute Gasteiger partial charge is 0.459 e. The van der Waals surface area contributed by atoms with Crippen molar-refractivity contribution in [3.05, 3.63) is 23.3 Å². The van der Waals surface area contributed by atoms with Crippen LogP contribution in [0.2, 0.25) is 0 Å². The average Bonchev–Trinajstić information content (AvgIpc) is 2.92. The molecule has 7 atom stereocenters. The lowest BCUT2D eigenvalue weighted by Crippen LogP contribution is -2.55. The zero-order valence-electron chi connectivity index (χ0n) is 22.3. The second-order valence-corrected chi connectivity index (χ2v) is 13.4. The van der Waals surface area contributed by atoms with E-state index in [1.165, 1.54) is 19.3 Å². The molecular formula is C30H46O3. The summed E-state index contributed by atoms with van der Waals surface area (Å²) in [6.45, 7) is 18.1. The molecule has 2 saturated carbocycles. The first-order chi connectivity index (χ1) is 15.2. The minimum Gasteiger partial charge on any atom is -0.459 e. The third-order valence-corrected chi connectivity index (χ3v) is 10.9. The summed E-state index contributed by atoms with van der Waals surface area (Å²) >= 11 is 0. The summed E-state index contributed by atoms with van der Waals surface area (Å²) < 4.78 is 5.95. The fourth-order valence-electron chi connectivity index (χ4n) is 9.17. The summed E-state index contributed by atoms with van der Waals surface area (Å²) in [4.78, 5) is 25.0. The number of ketones is 1. The van der Waals surface area contributed by atoms with Crippen LogP contribution < -0.4 is 0 Å². The Balaban J connectivity index is 1.66. The Labute approximate surface area is 201 Å². The fourth-order valence-corrected chi connectivity index (χ4v) is 9.17.